The van der Waals surface area contributed by atoms with Crippen LogP contribution in [0.15, 0.2) is 54.6 Å². The molecule has 0 fully saturated rings. The van der Waals surface area contributed by atoms with E-state index in [1.165, 1.54) is 0 Å². The summed E-state index contributed by atoms with van der Waals surface area (Å²) in [5.74, 6) is -0.991. The first-order chi connectivity index (χ1) is 15.8. The summed E-state index contributed by atoms with van der Waals surface area (Å²) in [6.45, 7) is 1.73. The Hall–Kier alpha value is -3.25. The van der Waals surface area contributed by atoms with Gasteiger partial charge in [-0.15, -0.1) is 0 Å². The SMILES string of the molecule is CC(NC(NC(=O)c1ccc(C(F)(F)F)cc1)Nc1cc(C(F)(F)F)[nH]n1)c1ccc(Cl)cc1. The van der Waals surface area contributed by atoms with Crippen LogP contribution in [-0.4, -0.2) is 22.4 Å². The van der Waals surface area contributed by atoms with E-state index in [0.29, 0.717) is 11.1 Å². The van der Waals surface area contributed by atoms with Gasteiger partial charge in [-0.2, -0.15) is 31.4 Å². The second-order valence-electron chi connectivity index (χ2n) is 7.23. The maximum atomic E-state index is 12.9. The zero-order valence-electron chi connectivity index (χ0n) is 17.4. The van der Waals surface area contributed by atoms with Crippen molar-refractivity contribution >= 4 is 23.3 Å². The van der Waals surface area contributed by atoms with Crippen LogP contribution >= 0.6 is 11.6 Å². The number of carbonyl (C=O) groups is 1. The molecule has 0 saturated carbocycles. The normalized spacial score (nSPS) is 13.9. The first-order valence-electron chi connectivity index (χ1n) is 9.72. The molecule has 2 aromatic carbocycles. The molecule has 0 spiro atoms. The lowest BCUT2D eigenvalue weighted by Gasteiger charge is -2.25. The van der Waals surface area contributed by atoms with E-state index in [4.69, 9.17) is 11.6 Å². The van der Waals surface area contributed by atoms with Crippen LogP contribution in [0.2, 0.25) is 5.02 Å². The van der Waals surface area contributed by atoms with Gasteiger partial charge in [0.25, 0.3) is 5.91 Å². The van der Waals surface area contributed by atoms with Gasteiger partial charge in [-0.05, 0) is 48.9 Å². The number of aromatic nitrogens is 2. The molecule has 2 atom stereocenters. The van der Waals surface area contributed by atoms with E-state index in [1.54, 1.807) is 31.2 Å². The van der Waals surface area contributed by atoms with E-state index in [2.05, 4.69) is 21.0 Å². The van der Waals surface area contributed by atoms with Gasteiger partial charge in [0.1, 0.15) is 5.69 Å². The van der Waals surface area contributed by atoms with Crippen molar-refractivity contribution in [1.82, 2.24) is 20.8 Å². The van der Waals surface area contributed by atoms with Crippen molar-refractivity contribution in [2.24, 2.45) is 0 Å². The summed E-state index contributed by atoms with van der Waals surface area (Å²) in [6.07, 6.45) is -10.4. The number of aromatic amines is 1. The Morgan fingerprint density at radius 2 is 1.59 bits per heavy atom. The van der Waals surface area contributed by atoms with Crippen LogP contribution in [0.4, 0.5) is 32.2 Å². The minimum absolute atomic E-state index is 0.0845. The number of nitrogens with zero attached hydrogens (tertiary/aromatic N) is 1. The first kappa shape index (κ1) is 25.4. The molecule has 0 saturated heterocycles. The average molecular weight is 506 g/mol. The predicted molar refractivity (Wildman–Crippen MR) is 113 cm³/mol. The summed E-state index contributed by atoms with van der Waals surface area (Å²) >= 11 is 5.88. The van der Waals surface area contributed by atoms with Crippen LogP contribution in [0.1, 0.15) is 40.1 Å². The number of anilines is 1. The summed E-state index contributed by atoms with van der Waals surface area (Å²) in [5, 5.41) is 14.0. The number of hydrogen-bond donors (Lipinski definition) is 4. The van der Waals surface area contributed by atoms with Crippen molar-refractivity contribution in [1.29, 1.82) is 0 Å². The predicted octanol–water partition coefficient (Wildman–Crippen LogP) is 5.58. The lowest BCUT2D eigenvalue weighted by atomic mass is 10.1. The van der Waals surface area contributed by atoms with Crippen LogP contribution in [0.3, 0.4) is 0 Å². The van der Waals surface area contributed by atoms with Gasteiger partial charge in [-0.1, -0.05) is 23.7 Å². The van der Waals surface area contributed by atoms with Crippen molar-refractivity contribution in [3.05, 3.63) is 82.0 Å². The van der Waals surface area contributed by atoms with Gasteiger partial charge in [-0.3, -0.25) is 15.2 Å². The topological polar surface area (TPSA) is 81.8 Å². The number of benzene rings is 2. The molecule has 4 N–H and O–H groups in total. The molecular weight excluding hydrogens is 488 g/mol. The van der Waals surface area contributed by atoms with E-state index < -0.39 is 41.8 Å². The number of halogens is 7. The minimum atomic E-state index is -4.66. The van der Waals surface area contributed by atoms with E-state index in [1.807, 2.05) is 5.10 Å². The third-order valence-corrected chi connectivity index (χ3v) is 4.96. The van der Waals surface area contributed by atoms with Crippen LogP contribution in [0, 0.1) is 0 Å². The molecule has 182 valence electrons. The van der Waals surface area contributed by atoms with Gasteiger partial charge >= 0.3 is 12.4 Å². The lowest BCUT2D eigenvalue weighted by molar-refractivity contribution is -0.141. The van der Waals surface area contributed by atoms with Gasteiger partial charge in [0.05, 0.1) is 5.56 Å². The Bertz CT molecular complexity index is 1110. The molecule has 34 heavy (non-hydrogen) atoms. The summed E-state index contributed by atoms with van der Waals surface area (Å²) in [7, 11) is 0. The second kappa shape index (κ2) is 9.94. The van der Waals surface area contributed by atoms with Crippen LogP contribution in [-0.2, 0) is 12.4 Å². The fourth-order valence-corrected chi connectivity index (χ4v) is 3.06. The van der Waals surface area contributed by atoms with Crippen molar-refractivity contribution in [2.45, 2.75) is 31.6 Å². The Morgan fingerprint density at radius 3 is 2.12 bits per heavy atom. The lowest BCUT2D eigenvalue weighted by Crippen LogP contribution is -2.51. The summed E-state index contributed by atoms with van der Waals surface area (Å²) in [4.78, 5) is 12.6. The zero-order valence-corrected chi connectivity index (χ0v) is 18.1. The Balaban J connectivity index is 1.79. The molecular formula is C21H18ClF6N5O. The highest BCUT2D eigenvalue weighted by Crippen LogP contribution is 2.30. The van der Waals surface area contributed by atoms with Gasteiger partial charge < -0.3 is 10.6 Å². The summed E-state index contributed by atoms with van der Waals surface area (Å²) in [5.41, 5.74) is -1.37. The van der Waals surface area contributed by atoms with Gasteiger partial charge in [0, 0.05) is 22.7 Å². The van der Waals surface area contributed by atoms with Crippen LogP contribution in [0.25, 0.3) is 0 Å². The number of rotatable bonds is 7. The van der Waals surface area contributed by atoms with E-state index >= 15 is 0 Å². The van der Waals surface area contributed by atoms with Crippen molar-refractivity contribution in [3.8, 4) is 0 Å². The standard InChI is InChI=1S/C21H18ClF6N5O/c1-11(12-4-8-15(22)9-5-12)29-19(30-17-10-16(32-33-17)21(26,27)28)31-18(34)13-2-6-14(7-3-13)20(23,24)25/h2-11,19,29H,1H3,(H,31,34)(H2,30,32,33). The fourth-order valence-electron chi connectivity index (χ4n) is 2.93. The second-order valence-corrected chi connectivity index (χ2v) is 7.67. The molecule has 0 aliphatic heterocycles. The van der Waals surface area contributed by atoms with E-state index in [-0.39, 0.29) is 11.4 Å². The van der Waals surface area contributed by atoms with Gasteiger partial charge in [-0.25, -0.2) is 0 Å². The number of nitrogens with one attached hydrogen (secondary N) is 4. The molecule has 13 heteroatoms. The largest absolute Gasteiger partial charge is 0.432 e. The van der Waals surface area contributed by atoms with Crippen molar-refractivity contribution in [3.63, 3.8) is 0 Å². The number of amides is 1. The molecule has 0 aliphatic rings. The fraction of sp³-hybridized carbons (Fsp3) is 0.238. The van der Waals surface area contributed by atoms with Gasteiger partial charge in [0.2, 0.25) is 0 Å². The molecule has 1 amide bonds. The molecule has 1 aromatic heterocycles. The quantitative estimate of drug-likeness (QED) is 0.250. The Morgan fingerprint density at radius 1 is 0.971 bits per heavy atom. The minimum Gasteiger partial charge on any atom is -0.336 e. The van der Waals surface area contributed by atoms with Crippen molar-refractivity contribution < 1.29 is 31.1 Å². The molecule has 0 aliphatic carbocycles. The third kappa shape index (κ3) is 6.64. The Kier molecular flexibility index (Phi) is 7.41. The Labute approximate surface area is 194 Å². The molecule has 0 radical (unpaired) electrons. The summed E-state index contributed by atoms with van der Waals surface area (Å²) in [6, 6.07) is 10.5. The summed E-state index contributed by atoms with van der Waals surface area (Å²) < 4.78 is 76.9. The number of carbonyl (C=O) groups excluding carboxylic acids is 1. The van der Waals surface area contributed by atoms with Gasteiger partial charge in [0.15, 0.2) is 12.1 Å². The first-order valence-corrected chi connectivity index (χ1v) is 10.1. The molecule has 2 unspecified atom stereocenters. The third-order valence-electron chi connectivity index (χ3n) is 4.71. The van der Waals surface area contributed by atoms with E-state index in [9.17, 15) is 31.1 Å². The highest BCUT2D eigenvalue weighted by atomic mass is 35.5. The molecule has 3 rings (SSSR count). The highest BCUT2D eigenvalue weighted by molar-refractivity contribution is 6.30. The monoisotopic (exact) mass is 505 g/mol. The number of H-pyrrole nitrogens is 1. The highest BCUT2D eigenvalue weighted by Gasteiger charge is 2.33. The van der Waals surface area contributed by atoms with Crippen molar-refractivity contribution in [2.75, 3.05) is 5.32 Å². The zero-order chi connectivity index (χ0) is 25.1. The maximum absolute atomic E-state index is 12.9. The van der Waals surface area contributed by atoms with Crippen LogP contribution in [0.5, 0.6) is 0 Å². The average Bonchev–Trinajstić information content (AvgIpc) is 3.22. The number of alkyl halides is 6. The molecule has 3 aromatic rings. The molecule has 6 nitrogen and oxygen atoms in total. The molecule has 1 heterocycles. The van der Waals surface area contributed by atoms with E-state index in [0.717, 1.165) is 29.8 Å². The molecule has 0 bridgehead atoms. The number of hydrogen-bond acceptors (Lipinski definition) is 4. The smallest absolute Gasteiger partial charge is 0.336 e. The maximum Gasteiger partial charge on any atom is 0.432 e. The van der Waals surface area contributed by atoms with Crippen LogP contribution < -0.4 is 16.0 Å².